The number of carbonyl (C=O) groups is 1. The third-order valence-electron chi connectivity index (χ3n) is 2.58. The van der Waals surface area contributed by atoms with Gasteiger partial charge in [-0.05, 0) is 25.1 Å². The van der Waals surface area contributed by atoms with Gasteiger partial charge in [0.05, 0.1) is 0 Å². The van der Waals surface area contributed by atoms with Crippen LogP contribution >= 0.6 is 23.2 Å². The summed E-state index contributed by atoms with van der Waals surface area (Å²) in [5.41, 5.74) is 0.193. The van der Waals surface area contributed by atoms with E-state index >= 15 is 0 Å². The van der Waals surface area contributed by atoms with Gasteiger partial charge in [-0.25, -0.2) is 4.98 Å². The number of rotatable bonds is 3. The zero-order valence-electron chi connectivity index (χ0n) is 10.6. The summed E-state index contributed by atoms with van der Waals surface area (Å²) in [6, 6.07) is 7.92. The third kappa shape index (κ3) is 3.59. The molecule has 0 saturated carbocycles. The first-order chi connectivity index (χ1) is 9.45. The van der Waals surface area contributed by atoms with E-state index in [-0.39, 0.29) is 23.2 Å². The Hall–Kier alpha value is -1.85. The van der Waals surface area contributed by atoms with Crippen LogP contribution in [0.3, 0.4) is 0 Å². The van der Waals surface area contributed by atoms with Crippen LogP contribution in [0.15, 0.2) is 35.1 Å². The average Bonchev–Trinajstić information content (AvgIpc) is 2.33. The number of aromatic nitrogens is 2. The van der Waals surface area contributed by atoms with Crippen LogP contribution in [0.5, 0.6) is 0 Å². The van der Waals surface area contributed by atoms with E-state index in [4.69, 9.17) is 23.2 Å². The molecule has 0 unspecified atom stereocenters. The fourth-order valence-corrected chi connectivity index (χ4v) is 2.10. The normalized spacial score (nSPS) is 10.3. The zero-order valence-corrected chi connectivity index (χ0v) is 12.1. The predicted molar refractivity (Wildman–Crippen MR) is 78.3 cm³/mol. The number of nitrogens with one attached hydrogen (secondary N) is 1. The number of anilines is 1. The second kappa shape index (κ2) is 6.07. The van der Waals surface area contributed by atoms with Crippen molar-refractivity contribution in [3.05, 3.63) is 56.7 Å². The quantitative estimate of drug-likeness (QED) is 0.886. The van der Waals surface area contributed by atoms with Crippen LogP contribution in [0.4, 0.5) is 5.69 Å². The number of aryl methyl sites for hydroxylation is 1. The maximum absolute atomic E-state index is 11.9. The highest BCUT2D eigenvalue weighted by atomic mass is 35.5. The minimum Gasteiger partial charge on any atom is -0.324 e. The van der Waals surface area contributed by atoms with Crippen molar-refractivity contribution in [1.82, 2.24) is 9.55 Å². The monoisotopic (exact) mass is 311 g/mol. The molecule has 20 heavy (non-hydrogen) atoms. The van der Waals surface area contributed by atoms with Gasteiger partial charge >= 0.3 is 0 Å². The van der Waals surface area contributed by atoms with Gasteiger partial charge in [0, 0.05) is 16.8 Å². The Labute approximate surface area is 125 Å². The lowest BCUT2D eigenvalue weighted by atomic mass is 10.3. The van der Waals surface area contributed by atoms with Gasteiger partial charge in [-0.2, -0.15) is 0 Å². The molecule has 5 nitrogen and oxygen atoms in total. The first-order valence-electron chi connectivity index (χ1n) is 5.75. The predicted octanol–water partition coefficient (Wildman–Crippen LogP) is 2.50. The summed E-state index contributed by atoms with van der Waals surface area (Å²) in [5, 5.41) is 3.28. The Morgan fingerprint density at radius 1 is 1.35 bits per heavy atom. The SMILES string of the molecule is Cc1nc(Cl)cc(=O)n1CC(=O)Nc1cccc(Cl)c1. The Morgan fingerprint density at radius 2 is 2.10 bits per heavy atom. The van der Waals surface area contributed by atoms with Gasteiger partial charge in [0.15, 0.2) is 0 Å². The van der Waals surface area contributed by atoms with Gasteiger partial charge in [-0.15, -0.1) is 0 Å². The first kappa shape index (κ1) is 14.6. The van der Waals surface area contributed by atoms with Crippen LogP contribution in [0.1, 0.15) is 5.82 Å². The molecule has 104 valence electrons. The van der Waals surface area contributed by atoms with E-state index < -0.39 is 0 Å². The molecule has 0 atom stereocenters. The molecule has 0 saturated heterocycles. The van der Waals surface area contributed by atoms with Crippen molar-refractivity contribution in [2.45, 2.75) is 13.5 Å². The summed E-state index contributed by atoms with van der Waals surface area (Å²) in [7, 11) is 0. The summed E-state index contributed by atoms with van der Waals surface area (Å²) >= 11 is 11.5. The molecule has 0 aliphatic heterocycles. The van der Waals surface area contributed by atoms with E-state index in [9.17, 15) is 9.59 Å². The molecule has 1 aromatic carbocycles. The molecule has 0 radical (unpaired) electrons. The summed E-state index contributed by atoms with van der Waals surface area (Å²) in [6.07, 6.45) is 0. The fraction of sp³-hybridized carbons (Fsp3) is 0.154. The number of hydrogen-bond donors (Lipinski definition) is 1. The molecule has 2 rings (SSSR count). The average molecular weight is 312 g/mol. The van der Waals surface area contributed by atoms with E-state index in [1.807, 2.05) is 0 Å². The van der Waals surface area contributed by atoms with E-state index in [0.29, 0.717) is 16.5 Å². The molecular formula is C13H11Cl2N3O2. The molecule has 1 heterocycles. The number of nitrogens with zero attached hydrogens (tertiary/aromatic N) is 2. The first-order valence-corrected chi connectivity index (χ1v) is 6.51. The van der Waals surface area contributed by atoms with Gasteiger partial charge in [0.1, 0.15) is 17.5 Å². The molecule has 7 heteroatoms. The molecule has 1 N–H and O–H groups in total. The minimum atomic E-state index is -0.372. The third-order valence-corrected chi connectivity index (χ3v) is 3.01. The summed E-state index contributed by atoms with van der Waals surface area (Å²) < 4.78 is 1.24. The Balaban J connectivity index is 2.15. The van der Waals surface area contributed by atoms with E-state index in [1.54, 1.807) is 31.2 Å². The highest BCUT2D eigenvalue weighted by Gasteiger charge is 2.09. The van der Waals surface area contributed by atoms with Crippen molar-refractivity contribution < 1.29 is 4.79 Å². The van der Waals surface area contributed by atoms with E-state index in [0.717, 1.165) is 0 Å². The highest BCUT2D eigenvalue weighted by Crippen LogP contribution is 2.14. The molecule has 0 fully saturated rings. The molecule has 2 aromatic rings. The fourth-order valence-electron chi connectivity index (χ4n) is 1.69. The van der Waals surface area contributed by atoms with Gasteiger partial charge in [-0.3, -0.25) is 14.2 Å². The largest absolute Gasteiger partial charge is 0.324 e. The number of hydrogen-bond acceptors (Lipinski definition) is 3. The van der Waals surface area contributed by atoms with Crippen LogP contribution in [0.2, 0.25) is 10.2 Å². The number of amides is 1. The highest BCUT2D eigenvalue weighted by molar-refractivity contribution is 6.31. The van der Waals surface area contributed by atoms with Crippen LogP contribution in [-0.2, 0) is 11.3 Å². The van der Waals surface area contributed by atoms with Gasteiger partial charge < -0.3 is 5.32 Å². The topological polar surface area (TPSA) is 64.0 Å². The van der Waals surface area contributed by atoms with Gasteiger partial charge in [0.2, 0.25) is 5.91 Å². The van der Waals surface area contributed by atoms with Gasteiger partial charge in [-0.1, -0.05) is 29.3 Å². The summed E-state index contributed by atoms with van der Waals surface area (Å²) in [5.74, 6) is 0.0327. The Morgan fingerprint density at radius 3 is 2.75 bits per heavy atom. The van der Waals surface area contributed by atoms with Crippen molar-refractivity contribution in [1.29, 1.82) is 0 Å². The molecule has 1 amide bonds. The van der Waals surface area contributed by atoms with Crippen molar-refractivity contribution in [3.63, 3.8) is 0 Å². The molecule has 0 spiro atoms. The van der Waals surface area contributed by atoms with Crippen LogP contribution in [0.25, 0.3) is 0 Å². The maximum Gasteiger partial charge on any atom is 0.255 e. The van der Waals surface area contributed by atoms with Crippen LogP contribution in [-0.4, -0.2) is 15.5 Å². The Bertz CT molecular complexity index is 713. The summed E-state index contributed by atoms with van der Waals surface area (Å²) in [6.45, 7) is 1.47. The van der Waals surface area contributed by atoms with Crippen molar-refractivity contribution in [2.24, 2.45) is 0 Å². The lowest BCUT2D eigenvalue weighted by Gasteiger charge is -2.10. The molecular weight excluding hydrogens is 301 g/mol. The second-order valence-electron chi connectivity index (χ2n) is 4.11. The lowest BCUT2D eigenvalue weighted by molar-refractivity contribution is -0.116. The number of halogens is 2. The molecule has 1 aromatic heterocycles. The molecule has 0 bridgehead atoms. The Kier molecular flexibility index (Phi) is 4.42. The van der Waals surface area contributed by atoms with Crippen LogP contribution < -0.4 is 10.9 Å². The zero-order chi connectivity index (χ0) is 14.7. The summed E-state index contributed by atoms with van der Waals surface area (Å²) in [4.78, 5) is 27.6. The van der Waals surface area contributed by atoms with Crippen LogP contribution in [0, 0.1) is 6.92 Å². The maximum atomic E-state index is 11.9. The number of carbonyl (C=O) groups excluding carboxylic acids is 1. The standard InChI is InChI=1S/C13H11Cl2N3O2/c1-8-16-11(15)6-13(20)18(8)7-12(19)17-10-4-2-3-9(14)5-10/h2-6H,7H2,1H3,(H,17,19). The minimum absolute atomic E-state index is 0.110. The molecule has 0 aliphatic rings. The smallest absolute Gasteiger partial charge is 0.255 e. The van der Waals surface area contributed by atoms with Crippen molar-refractivity contribution in [3.8, 4) is 0 Å². The molecule has 0 aliphatic carbocycles. The van der Waals surface area contributed by atoms with Crippen molar-refractivity contribution >= 4 is 34.8 Å². The number of benzene rings is 1. The van der Waals surface area contributed by atoms with Gasteiger partial charge in [0.25, 0.3) is 5.56 Å². The van der Waals surface area contributed by atoms with Crippen molar-refractivity contribution in [2.75, 3.05) is 5.32 Å². The second-order valence-corrected chi connectivity index (χ2v) is 4.93. The van der Waals surface area contributed by atoms with E-state index in [2.05, 4.69) is 10.3 Å². The lowest BCUT2D eigenvalue weighted by Crippen LogP contribution is -2.29. The van der Waals surface area contributed by atoms with E-state index in [1.165, 1.54) is 10.6 Å².